The van der Waals surface area contributed by atoms with Crippen molar-refractivity contribution in [3.8, 4) is 0 Å². The molecule has 2 aromatic carbocycles. The van der Waals surface area contributed by atoms with Gasteiger partial charge >= 0.3 is 5.97 Å². The molecule has 0 aliphatic rings. The van der Waals surface area contributed by atoms with Crippen LogP contribution < -0.4 is 5.32 Å². The number of para-hydroxylation sites is 1. The molecule has 0 spiro atoms. The predicted molar refractivity (Wildman–Crippen MR) is 111 cm³/mol. The maximum absolute atomic E-state index is 12.1. The van der Waals surface area contributed by atoms with Gasteiger partial charge in [-0.25, -0.2) is 4.98 Å². The van der Waals surface area contributed by atoms with E-state index in [1.807, 2.05) is 36.4 Å². The Morgan fingerprint density at radius 3 is 2.68 bits per heavy atom. The molecule has 5 nitrogen and oxygen atoms in total. The van der Waals surface area contributed by atoms with Gasteiger partial charge in [-0.1, -0.05) is 35.9 Å². The molecule has 3 aromatic rings. The van der Waals surface area contributed by atoms with E-state index in [9.17, 15) is 9.59 Å². The molecule has 1 N–H and O–H groups in total. The number of amides is 1. The molecule has 1 heterocycles. The van der Waals surface area contributed by atoms with Crippen molar-refractivity contribution in [1.82, 2.24) is 10.3 Å². The van der Waals surface area contributed by atoms with E-state index >= 15 is 0 Å². The monoisotopic (exact) mass is 416 g/mol. The number of carbonyl (C=O) groups excluding carboxylic acids is 2. The highest BCUT2D eigenvalue weighted by Gasteiger charge is 2.17. The van der Waals surface area contributed by atoms with Gasteiger partial charge in [0.1, 0.15) is 0 Å². The second kappa shape index (κ2) is 9.66. The zero-order valence-corrected chi connectivity index (χ0v) is 17.1. The molecule has 1 atom stereocenters. The first-order valence-corrected chi connectivity index (χ1v) is 10.3. The van der Waals surface area contributed by atoms with Gasteiger partial charge < -0.3 is 10.1 Å². The maximum Gasteiger partial charge on any atom is 0.306 e. The van der Waals surface area contributed by atoms with Crippen LogP contribution in [0.15, 0.2) is 48.5 Å². The Balaban J connectivity index is 1.38. The second-order valence-electron chi connectivity index (χ2n) is 6.41. The first-order valence-electron chi connectivity index (χ1n) is 9.07. The van der Waals surface area contributed by atoms with Crippen molar-refractivity contribution in [2.24, 2.45) is 0 Å². The van der Waals surface area contributed by atoms with Crippen LogP contribution in [-0.2, 0) is 27.3 Å². The van der Waals surface area contributed by atoms with Gasteiger partial charge in [0.25, 0.3) is 5.91 Å². The molecule has 28 heavy (non-hydrogen) atoms. The zero-order chi connectivity index (χ0) is 19.9. The van der Waals surface area contributed by atoms with Crippen LogP contribution in [0.2, 0.25) is 5.02 Å². The van der Waals surface area contributed by atoms with Gasteiger partial charge in [0, 0.05) is 18.0 Å². The first-order chi connectivity index (χ1) is 13.5. The van der Waals surface area contributed by atoms with Crippen molar-refractivity contribution in [3.05, 3.63) is 64.1 Å². The van der Waals surface area contributed by atoms with Gasteiger partial charge in [0.15, 0.2) is 6.10 Å². The number of carbonyl (C=O) groups is 2. The lowest BCUT2D eigenvalue weighted by Crippen LogP contribution is -2.35. The van der Waals surface area contributed by atoms with Crippen LogP contribution in [0.5, 0.6) is 0 Å². The summed E-state index contributed by atoms with van der Waals surface area (Å²) in [4.78, 5) is 28.6. The van der Waals surface area contributed by atoms with E-state index in [1.165, 1.54) is 0 Å². The number of esters is 1. The predicted octanol–water partition coefficient (Wildman–Crippen LogP) is 4.52. The van der Waals surface area contributed by atoms with Crippen LogP contribution in [0.4, 0.5) is 0 Å². The topological polar surface area (TPSA) is 68.3 Å². The van der Waals surface area contributed by atoms with Crippen molar-refractivity contribution in [2.75, 3.05) is 0 Å². The molecular formula is C21H21ClN2O3S. The van der Waals surface area contributed by atoms with Gasteiger partial charge in [0.2, 0.25) is 0 Å². The van der Waals surface area contributed by atoms with E-state index in [2.05, 4.69) is 10.3 Å². The van der Waals surface area contributed by atoms with Gasteiger partial charge in [-0.2, -0.15) is 0 Å². The first kappa shape index (κ1) is 20.3. The average molecular weight is 417 g/mol. The molecule has 1 aromatic heterocycles. The average Bonchev–Trinajstić information content (AvgIpc) is 3.10. The lowest BCUT2D eigenvalue weighted by molar-refractivity contribution is -0.154. The lowest BCUT2D eigenvalue weighted by atomic mass is 10.2. The minimum atomic E-state index is -0.831. The summed E-state index contributed by atoms with van der Waals surface area (Å²) < 4.78 is 6.37. The Labute approximate surface area is 172 Å². The number of nitrogens with one attached hydrogen (secondary N) is 1. The Morgan fingerprint density at radius 2 is 1.93 bits per heavy atom. The largest absolute Gasteiger partial charge is 0.453 e. The van der Waals surface area contributed by atoms with E-state index in [0.29, 0.717) is 24.4 Å². The molecule has 7 heteroatoms. The molecule has 0 saturated heterocycles. The standard InChI is InChI=1S/C21H21ClN2O3S/c1-14(21(26)23-13-15-9-11-16(22)12-10-15)27-20(25)8-4-7-19-24-17-5-2-3-6-18(17)28-19/h2-3,5-6,9-12,14H,4,7-8,13H2,1H3,(H,23,26). The summed E-state index contributed by atoms with van der Waals surface area (Å²) in [5.41, 5.74) is 1.91. The number of aryl methyl sites for hydroxylation is 1. The van der Waals surface area contributed by atoms with Crippen molar-refractivity contribution in [2.45, 2.75) is 38.8 Å². The van der Waals surface area contributed by atoms with Crippen LogP contribution in [0.1, 0.15) is 30.3 Å². The number of hydrogen-bond donors (Lipinski definition) is 1. The van der Waals surface area contributed by atoms with Gasteiger partial charge in [0.05, 0.1) is 15.2 Å². The maximum atomic E-state index is 12.1. The Morgan fingerprint density at radius 1 is 1.18 bits per heavy atom. The molecule has 0 aliphatic carbocycles. The van der Waals surface area contributed by atoms with E-state index in [4.69, 9.17) is 16.3 Å². The minimum Gasteiger partial charge on any atom is -0.453 e. The highest BCUT2D eigenvalue weighted by molar-refractivity contribution is 7.18. The van der Waals surface area contributed by atoms with Crippen LogP contribution in [0, 0.1) is 0 Å². The number of thiazole rings is 1. The van der Waals surface area contributed by atoms with Crippen molar-refractivity contribution < 1.29 is 14.3 Å². The van der Waals surface area contributed by atoms with Gasteiger partial charge in [-0.05, 0) is 49.6 Å². The van der Waals surface area contributed by atoms with Crippen LogP contribution in [0.3, 0.4) is 0 Å². The highest BCUT2D eigenvalue weighted by atomic mass is 35.5. The summed E-state index contributed by atoms with van der Waals surface area (Å²) in [5, 5.41) is 4.40. The molecule has 0 saturated carbocycles. The molecule has 1 unspecified atom stereocenters. The summed E-state index contributed by atoms with van der Waals surface area (Å²) in [6.07, 6.45) is 0.774. The fourth-order valence-corrected chi connectivity index (χ4v) is 3.79. The molecule has 0 radical (unpaired) electrons. The van der Waals surface area contributed by atoms with Crippen molar-refractivity contribution in [3.63, 3.8) is 0 Å². The van der Waals surface area contributed by atoms with Crippen molar-refractivity contribution >= 4 is 45.0 Å². The number of benzene rings is 2. The van der Waals surface area contributed by atoms with Gasteiger partial charge in [-0.3, -0.25) is 9.59 Å². The molecular weight excluding hydrogens is 396 g/mol. The highest BCUT2D eigenvalue weighted by Crippen LogP contribution is 2.22. The number of aromatic nitrogens is 1. The summed E-state index contributed by atoms with van der Waals surface area (Å²) in [6, 6.07) is 15.2. The fraction of sp³-hybridized carbons (Fsp3) is 0.286. The molecule has 1 amide bonds. The van der Waals surface area contributed by atoms with E-state index in [0.717, 1.165) is 20.8 Å². The molecule has 0 fully saturated rings. The number of rotatable bonds is 8. The second-order valence-corrected chi connectivity index (χ2v) is 7.96. The third-order valence-corrected chi connectivity index (χ3v) is 5.52. The fourth-order valence-electron chi connectivity index (χ4n) is 2.66. The lowest BCUT2D eigenvalue weighted by Gasteiger charge is -2.13. The summed E-state index contributed by atoms with van der Waals surface area (Å²) in [5.74, 6) is -0.704. The van der Waals surface area contributed by atoms with E-state index < -0.39 is 6.10 Å². The van der Waals surface area contributed by atoms with Crippen LogP contribution in [-0.4, -0.2) is 23.0 Å². The Kier molecular flexibility index (Phi) is 7.01. The third-order valence-electron chi connectivity index (χ3n) is 4.17. The zero-order valence-electron chi connectivity index (χ0n) is 15.5. The number of fused-ring (bicyclic) bond motifs is 1. The molecule has 3 rings (SSSR count). The Bertz CT molecular complexity index is 923. The quantitative estimate of drug-likeness (QED) is 0.548. The summed E-state index contributed by atoms with van der Waals surface area (Å²) >= 11 is 7.47. The SMILES string of the molecule is CC(OC(=O)CCCc1nc2ccccc2s1)C(=O)NCc1ccc(Cl)cc1. The minimum absolute atomic E-state index is 0.255. The van der Waals surface area contributed by atoms with Crippen LogP contribution >= 0.6 is 22.9 Å². The van der Waals surface area contributed by atoms with Crippen LogP contribution in [0.25, 0.3) is 10.2 Å². The number of nitrogens with zero attached hydrogens (tertiary/aromatic N) is 1. The smallest absolute Gasteiger partial charge is 0.306 e. The molecule has 0 aliphatic heterocycles. The third kappa shape index (κ3) is 5.78. The van der Waals surface area contributed by atoms with E-state index in [1.54, 1.807) is 30.4 Å². The Hall–Kier alpha value is -2.44. The number of halogens is 1. The van der Waals surface area contributed by atoms with Crippen molar-refractivity contribution in [1.29, 1.82) is 0 Å². The van der Waals surface area contributed by atoms with Gasteiger partial charge in [-0.15, -0.1) is 11.3 Å². The summed E-state index contributed by atoms with van der Waals surface area (Å²) in [7, 11) is 0. The molecule has 146 valence electrons. The summed E-state index contributed by atoms with van der Waals surface area (Å²) in [6.45, 7) is 1.93. The normalized spacial score (nSPS) is 11.9. The number of ether oxygens (including phenoxy) is 1. The van der Waals surface area contributed by atoms with E-state index in [-0.39, 0.29) is 18.3 Å². The number of hydrogen-bond acceptors (Lipinski definition) is 5. The molecule has 0 bridgehead atoms.